The number of thiazole rings is 1. The van der Waals surface area contributed by atoms with Crippen LogP contribution in [0.2, 0.25) is 5.15 Å². The number of aromatic nitrogens is 1. The molecule has 0 aliphatic rings. The molecule has 0 aliphatic carbocycles. The molecule has 0 radical (unpaired) electrons. The number of aromatic carboxylic acids is 1. The maximum absolute atomic E-state index is 10.7. The van der Waals surface area contributed by atoms with E-state index >= 15 is 0 Å². The molecule has 0 spiro atoms. The first-order chi connectivity index (χ1) is 6.91. The Labute approximate surface area is 94.3 Å². The molecule has 0 atom stereocenters. The van der Waals surface area contributed by atoms with Crippen LogP contribution in [-0.2, 0) is 4.79 Å². The van der Waals surface area contributed by atoms with Gasteiger partial charge in [0.1, 0.15) is 0 Å². The normalized spacial score (nSPS) is 10.0. The van der Waals surface area contributed by atoms with E-state index in [-0.39, 0.29) is 16.6 Å². The van der Waals surface area contributed by atoms with E-state index < -0.39 is 11.9 Å². The number of anilines is 1. The molecule has 0 fully saturated rings. The number of carboxylic acids is 1. The maximum Gasteiger partial charge on any atom is 0.349 e. The number of primary amides is 1. The lowest BCUT2D eigenvalue weighted by Gasteiger charge is -2.11. The number of halogens is 1. The molecular weight excluding hydrogens is 242 g/mol. The highest BCUT2D eigenvalue weighted by molar-refractivity contribution is 7.18. The lowest BCUT2D eigenvalue weighted by molar-refractivity contribution is -0.116. The summed E-state index contributed by atoms with van der Waals surface area (Å²) >= 11 is 6.49. The number of rotatable bonds is 4. The predicted molar refractivity (Wildman–Crippen MR) is 56.5 cm³/mol. The predicted octanol–water partition coefficient (Wildman–Crippen LogP) is 0.416. The smallest absolute Gasteiger partial charge is 0.349 e. The molecular formula is C7H8ClN3O3S. The van der Waals surface area contributed by atoms with E-state index in [9.17, 15) is 9.59 Å². The largest absolute Gasteiger partial charge is 0.477 e. The summed E-state index contributed by atoms with van der Waals surface area (Å²) in [5, 5.41) is 8.98. The third-order valence-corrected chi connectivity index (χ3v) is 3.03. The Hall–Kier alpha value is -1.34. The summed E-state index contributed by atoms with van der Waals surface area (Å²) in [6, 6.07) is 0. The highest BCUT2D eigenvalue weighted by Crippen LogP contribution is 2.28. The number of hydrogen-bond acceptors (Lipinski definition) is 5. The van der Waals surface area contributed by atoms with Gasteiger partial charge in [-0.2, -0.15) is 0 Å². The Bertz CT molecular complexity index is 406. The van der Waals surface area contributed by atoms with E-state index in [1.165, 1.54) is 4.90 Å². The molecule has 1 aromatic heterocycles. The zero-order valence-corrected chi connectivity index (χ0v) is 9.30. The summed E-state index contributed by atoms with van der Waals surface area (Å²) in [4.78, 5) is 26.5. The van der Waals surface area contributed by atoms with Crippen molar-refractivity contribution in [3.05, 3.63) is 10.0 Å². The van der Waals surface area contributed by atoms with Gasteiger partial charge >= 0.3 is 5.97 Å². The molecule has 1 amide bonds. The van der Waals surface area contributed by atoms with Crippen LogP contribution in [0.25, 0.3) is 0 Å². The quantitative estimate of drug-likeness (QED) is 0.806. The molecule has 3 N–H and O–H groups in total. The third kappa shape index (κ3) is 2.80. The van der Waals surface area contributed by atoms with Crippen molar-refractivity contribution in [2.24, 2.45) is 5.73 Å². The summed E-state index contributed by atoms with van der Waals surface area (Å²) in [5.41, 5.74) is 4.98. The first-order valence-corrected chi connectivity index (χ1v) is 5.00. The van der Waals surface area contributed by atoms with Gasteiger partial charge in [-0.1, -0.05) is 22.9 Å². The van der Waals surface area contributed by atoms with Crippen LogP contribution in [0.1, 0.15) is 9.67 Å². The van der Waals surface area contributed by atoms with Crippen molar-refractivity contribution in [1.82, 2.24) is 4.98 Å². The lowest BCUT2D eigenvalue weighted by atomic mass is 10.5. The van der Waals surface area contributed by atoms with Crippen molar-refractivity contribution in [1.29, 1.82) is 0 Å². The molecule has 8 heteroatoms. The average molecular weight is 250 g/mol. The van der Waals surface area contributed by atoms with Crippen LogP contribution >= 0.6 is 22.9 Å². The van der Waals surface area contributed by atoms with Gasteiger partial charge in [-0.15, -0.1) is 0 Å². The Morgan fingerprint density at radius 1 is 1.67 bits per heavy atom. The summed E-state index contributed by atoms with van der Waals surface area (Å²) < 4.78 is 0. The maximum atomic E-state index is 10.7. The number of nitrogens with two attached hydrogens (primary N) is 1. The fraction of sp³-hybridized carbons (Fsp3) is 0.286. The van der Waals surface area contributed by atoms with Crippen LogP contribution in [0.4, 0.5) is 5.13 Å². The number of nitrogens with zero attached hydrogens (tertiary/aromatic N) is 2. The van der Waals surface area contributed by atoms with Gasteiger partial charge in [0.05, 0.1) is 6.54 Å². The summed E-state index contributed by atoms with van der Waals surface area (Å²) in [6.07, 6.45) is 0. The van der Waals surface area contributed by atoms with Gasteiger partial charge in [-0.25, -0.2) is 9.78 Å². The summed E-state index contributed by atoms with van der Waals surface area (Å²) in [6.45, 7) is -0.0388. The minimum atomic E-state index is -1.14. The monoisotopic (exact) mass is 249 g/mol. The molecule has 0 unspecified atom stereocenters. The number of carbonyl (C=O) groups is 2. The second-order valence-electron chi connectivity index (χ2n) is 2.74. The van der Waals surface area contributed by atoms with Crippen molar-refractivity contribution in [2.75, 3.05) is 18.5 Å². The van der Waals surface area contributed by atoms with Crippen molar-refractivity contribution in [2.45, 2.75) is 0 Å². The van der Waals surface area contributed by atoms with E-state index in [0.29, 0.717) is 5.13 Å². The molecule has 1 aromatic rings. The summed E-state index contributed by atoms with van der Waals surface area (Å²) in [7, 11) is 1.57. The van der Waals surface area contributed by atoms with Crippen LogP contribution < -0.4 is 10.6 Å². The molecule has 15 heavy (non-hydrogen) atoms. The van der Waals surface area contributed by atoms with Gasteiger partial charge < -0.3 is 15.7 Å². The molecule has 1 rings (SSSR count). The highest BCUT2D eigenvalue weighted by Gasteiger charge is 2.18. The number of carboxylic acid groups (broad SMARTS) is 1. The van der Waals surface area contributed by atoms with Gasteiger partial charge in [-0.3, -0.25) is 4.79 Å². The van der Waals surface area contributed by atoms with E-state index in [0.717, 1.165) is 11.3 Å². The van der Waals surface area contributed by atoms with E-state index in [1.807, 2.05) is 0 Å². The standard InChI is InChI=1S/C7H8ClN3O3S/c1-11(2-3(9)12)7-10-5(8)4(15-7)6(13)14/h2H2,1H3,(H2,9,12)(H,13,14). The second-order valence-corrected chi connectivity index (χ2v) is 4.08. The van der Waals surface area contributed by atoms with Crippen molar-refractivity contribution >= 4 is 39.9 Å². The fourth-order valence-corrected chi connectivity index (χ4v) is 1.97. The highest BCUT2D eigenvalue weighted by atomic mass is 35.5. The molecule has 0 saturated heterocycles. The van der Waals surface area contributed by atoms with Gasteiger partial charge in [0.15, 0.2) is 15.2 Å². The third-order valence-electron chi connectivity index (χ3n) is 1.49. The van der Waals surface area contributed by atoms with E-state index in [2.05, 4.69) is 4.98 Å². The van der Waals surface area contributed by atoms with Crippen LogP contribution in [0.3, 0.4) is 0 Å². The Kier molecular flexibility index (Phi) is 3.48. The SMILES string of the molecule is CN(CC(N)=O)c1nc(Cl)c(C(=O)O)s1. The molecule has 82 valence electrons. The van der Waals surface area contributed by atoms with Gasteiger partial charge in [0.2, 0.25) is 5.91 Å². The molecule has 0 aromatic carbocycles. The molecule has 0 saturated carbocycles. The topological polar surface area (TPSA) is 96.5 Å². The van der Waals surface area contributed by atoms with Crippen LogP contribution in [0.15, 0.2) is 0 Å². The Morgan fingerprint density at radius 2 is 2.27 bits per heavy atom. The van der Waals surface area contributed by atoms with Crippen LogP contribution in [0.5, 0.6) is 0 Å². The molecule has 6 nitrogen and oxygen atoms in total. The minimum absolute atomic E-state index is 0.0388. The number of likely N-dealkylation sites (N-methyl/N-ethyl adjacent to an activating group) is 1. The zero-order chi connectivity index (χ0) is 11.6. The average Bonchev–Trinajstić information content (AvgIpc) is 2.46. The van der Waals surface area contributed by atoms with Gasteiger partial charge in [-0.05, 0) is 0 Å². The number of carbonyl (C=O) groups excluding carboxylic acids is 1. The number of amides is 1. The molecule has 0 bridgehead atoms. The Balaban J connectivity index is 2.91. The van der Waals surface area contributed by atoms with Crippen molar-refractivity contribution in [3.8, 4) is 0 Å². The van der Waals surface area contributed by atoms with Gasteiger partial charge in [0, 0.05) is 7.05 Å². The first kappa shape index (κ1) is 11.7. The first-order valence-electron chi connectivity index (χ1n) is 3.81. The lowest BCUT2D eigenvalue weighted by Crippen LogP contribution is -2.30. The van der Waals surface area contributed by atoms with Crippen LogP contribution in [0, 0.1) is 0 Å². The van der Waals surface area contributed by atoms with Gasteiger partial charge in [0.25, 0.3) is 0 Å². The summed E-state index contributed by atoms with van der Waals surface area (Å²) in [5.74, 6) is -1.67. The van der Waals surface area contributed by atoms with E-state index in [4.69, 9.17) is 22.4 Å². The fourth-order valence-electron chi connectivity index (χ4n) is 0.888. The molecule has 0 aliphatic heterocycles. The Morgan fingerprint density at radius 3 is 2.67 bits per heavy atom. The van der Waals surface area contributed by atoms with Crippen LogP contribution in [-0.4, -0.2) is 35.6 Å². The van der Waals surface area contributed by atoms with E-state index in [1.54, 1.807) is 7.05 Å². The molecule has 1 heterocycles. The second kappa shape index (κ2) is 4.45. The van der Waals surface area contributed by atoms with Crippen molar-refractivity contribution < 1.29 is 14.7 Å². The van der Waals surface area contributed by atoms with Crippen molar-refractivity contribution in [3.63, 3.8) is 0 Å². The zero-order valence-electron chi connectivity index (χ0n) is 7.73. The minimum Gasteiger partial charge on any atom is -0.477 e. The number of hydrogen-bond donors (Lipinski definition) is 2.